The zero-order chi connectivity index (χ0) is 18.8. The number of aromatic nitrogens is 4. The van der Waals surface area contributed by atoms with Crippen LogP contribution >= 0.6 is 11.3 Å². The van der Waals surface area contributed by atoms with Gasteiger partial charge in [0, 0.05) is 5.56 Å². The van der Waals surface area contributed by atoms with E-state index >= 15 is 0 Å². The number of hydrogen-bond donors (Lipinski definition) is 0. The van der Waals surface area contributed by atoms with Gasteiger partial charge in [-0.05, 0) is 38.1 Å². The Hall–Kier alpha value is -2.39. The van der Waals surface area contributed by atoms with Crippen LogP contribution in [0, 0.1) is 0 Å². The van der Waals surface area contributed by atoms with Crippen molar-refractivity contribution in [2.45, 2.75) is 25.8 Å². The Morgan fingerprint density at radius 1 is 0.963 bits per heavy atom. The molecule has 0 atom stereocenters. The number of likely N-dealkylation sites (tertiary alicyclic amines) is 1. The molecule has 0 spiro atoms. The van der Waals surface area contributed by atoms with Gasteiger partial charge in [0.2, 0.25) is 10.7 Å². The topological polar surface area (TPSA) is 74.0 Å². The molecular weight excluding hydrogens is 366 g/mol. The van der Waals surface area contributed by atoms with E-state index in [1.54, 1.807) is 21.3 Å². The maximum atomic E-state index is 5.45. The molecule has 3 heterocycles. The van der Waals surface area contributed by atoms with E-state index in [1.807, 2.05) is 16.6 Å². The van der Waals surface area contributed by atoms with Crippen molar-refractivity contribution in [3.05, 3.63) is 18.0 Å². The molecule has 3 aromatic rings. The predicted molar refractivity (Wildman–Crippen MR) is 103 cm³/mol. The van der Waals surface area contributed by atoms with Gasteiger partial charge >= 0.3 is 0 Å². The first-order valence-electron chi connectivity index (χ1n) is 8.97. The number of nitrogens with zero attached hydrogens (tertiary/aromatic N) is 5. The monoisotopic (exact) mass is 389 g/mol. The van der Waals surface area contributed by atoms with Crippen molar-refractivity contribution in [2.24, 2.45) is 0 Å². The second kappa shape index (κ2) is 7.69. The Morgan fingerprint density at radius 3 is 2.30 bits per heavy atom. The van der Waals surface area contributed by atoms with Crippen molar-refractivity contribution in [3.63, 3.8) is 0 Å². The second-order valence-corrected chi connectivity index (χ2v) is 7.42. The van der Waals surface area contributed by atoms with E-state index in [0.717, 1.165) is 41.0 Å². The molecule has 0 bridgehead atoms. The summed E-state index contributed by atoms with van der Waals surface area (Å²) < 4.78 is 18.1. The second-order valence-electron chi connectivity index (χ2n) is 6.47. The molecule has 4 rings (SSSR count). The van der Waals surface area contributed by atoms with Gasteiger partial charge in [0.1, 0.15) is 5.01 Å². The molecule has 1 fully saturated rings. The fraction of sp³-hybridized carbons (Fsp3) is 0.500. The molecule has 144 valence electrons. The standard InChI is InChI=1S/C18H23N5O3S/c1-24-13-9-12(10-14(25-2)16(13)26-3)17-21-23-15(19-20-18(23)27-17)11-22-7-5-4-6-8-22/h9-10H,4-8,11H2,1-3H3. The number of rotatable bonds is 6. The first kappa shape index (κ1) is 18.0. The van der Waals surface area contributed by atoms with Crippen LogP contribution in [0.15, 0.2) is 12.1 Å². The van der Waals surface area contributed by atoms with Gasteiger partial charge in [-0.1, -0.05) is 17.8 Å². The molecule has 0 saturated carbocycles. The van der Waals surface area contributed by atoms with E-state index in [0.29, 0.717) is 17.2 Å². The fourth-order valence-corrected chi connectivity index (χ4v) is 4.24. The van der Waals surface area contributed by atoms with Crippen molar-refractivity contribution in [2.75, 3.05) is 34.4 Å². The van der Waals surface area contributed by atoms with Crippen LogP contribution in [0.5, 0.6) is 17.2 Å². The van der Waals surface area contributed by atoms with E-state index in [1.165, 1.54) is 30.6 Å². The molecule has 8 nitrogen and oxygen atoms in total. The lowest BCUT2D eigenvalue weighted by atomic mass is 10.1. The summed E-state index contributed by atoms with van der Waals surface area (Å²) in [7, 11) is 4.81. The van der Waals surface area contributed by atoms with Gasteiger partial charge < -0.3 is 14.2 Å². The van der Waals surface area contributed by atoms with Gasteiger partial charge in [-0.25, -0.2) is 0 Å². The molecule has 27 heavy (non-hydrogen) atoms. The lowest BCUT2D eigenvalue weighted by molar-refractivity contribution is 0.214. The summed E-state index contributed by atoms with van der Waals surface area (Å²) in [6, 6.07) is 3.80. The van der Waals surface area contributed by atoms with Gasteiger partial charge in [0.15, 0.2) is 17.3 Å². The van der Waals surface area contributed by atoms with E-state index in [-0.39, 0.29) is 0 Å². The number of methoxy groups -OCH3 is 3. The van der Waals surface area contributed by atoms with Gasteiger partial charge in [-0.2, -0.15) is 9.61 Å². The fourth-order valence-electron chi connectivity index (χ4n) is 3.39. The number of hydrogen-bond acceptors (Lipinski definition) is 8. The maximum absolute atomic E-state index is 5.45. The van der Waals surface area contributed by atoms with Crippen molar-refractivity contribution in [1.82, 2.24) is 24.7 Å². The van der Waals surface area contributed by atoms with Crippen molar-refractivity contribution in [3.8, 4) is 27.8 Å². The minimum Gasteiger partial charge on any atom is -0.493 e. The summed E-state index contributed by atoms with van der Waals surface area (Å²) >= 11 is 1.49. The third kappa shape index (κ3) is 3.44. The molecule has 2 aromatic heterocycles. The highest BCUT2D eigenvalue weighted by atomic mass is 32.1. The molecule has 1 aliphatic heterocycles. The minimum absolute atomic E-state index is 0.567. The maximum Gasteiger partial charge on any atom is 0.235 e. The van der Waals surface area contributed by atoms with Crippen LogP contribution < -0.4 is 14.2 Å². The number of benzene rings is 1. The molecular formula is C18H23N5O3S. The summed E-state index contributed by atoms with van der Waals surface area (Å²) in [6.07, 6.45) is 3.80. The SMILES string of the molecule is COc1cc(-c2nn3c(CN4CCCCC4)nnc3s2)cc(OC)c1OC. The third-order valence-corrected chi connectivity index (χ3v) is 5.73. The summed E-state index contributed by atoms with van der Waals surface area (Å²) in [6.45, 7) is 3.00. The molecule has 0 aliphatic carbocycles. The molecule has 1 aliphatic rings. The van der Waals surface area contributed by atoms with Gasteiger partial charge in [-0.15, -0.1) is 10.2 Å². The summed E-state index contributed by atoms with van der Waals surface area (Å²) in [4.78, 5) is 3.20. The first-order valence-corrected chi connectivity index (χ1v) is 9.79. The Morgan fingerprint density at radius 2 is 1.67 bits per heavy atom. The molecule has 0 unspecified atom stereocenters. The molecule has 0 N–H and O–H groups in total. The lowest BCUT2D eigenvalue weighted by Crippen LogP contribution is -2.30. The largest absolute Gasteiger partial charge is 0.493 e. The third-order valence-electron chi connectivity index (χ3n) is 4.78. The quantitative estimate of drug-likeness (QED) is 0.642. The Kier molecular flexibility index (Phi) is 5.13. The first-order chi connectivity index (χ1) is 13.2. The van der Waals surface area contributed by atoms with E-state index in [4.69, 9.17) is 19.3 Å². The van der Waals surface area contributed by atoms with E-state index in [9.17, 15) is 0 Å². The highest BCUT2D eigenvalue weighted by Gasteiger charge is 2.20. The van der Waals surface area contributed by atoms with Gasteiger partial charge in [-0.3, -0.25) is 4.90 Å². The number of piperidine rings is 1. The number of ether oxygens (including phenoxy) is 3. The normalized spacial score (nSPS) is 15.2. The van der Waals surface area contributed by atoms with Crippen molar-refractivity contribution >= 4 is 16.3 Å². The Balaban J connectivity index is 1.68. The average Bonchev–Trinajstić information content (AvgIpc) is 3.29. The van der Waals surface area contributed by atoms with Gasteiger partial charge in [0.05, 0.1) is 27.9 Å². The highest BCUT2D eigenvalue weighted by molar-refractivity contribution is 7.19. The molecule has 0 radical (unpaired) electrons. The van der Waals surface area contributed by atoms with Gasteiger partial charge in [0.25, 0.3) is 0 Å². The van der Waals surface area contributed by atoms with Crippen LogP contribution in [0.4, 0.5) is 0 Å². The minimum atomic E-state index is 0.567. The smallest absolute Gasteiger partial charge is 0.235 e. The molecule has 1 saturated heterocycles. The van der Waals surface area contributed by atoms with Crippen LogP contribution in [0.2, 0.25) is 0 Å². The highest BCUT2D eigenvalue weighted by Crippen LogP contribution is 2.41. The Labute approximate surface area is 161 Å². The van der Waals surface area contributed by atoms with Crippen LogP contribution in [-0.4, -0.2) is 59.1 Å². The van der Waals surface area contributed by atoms with E-state index in [2.05, 4.69) is 15.1 Å². The zero-order valence-electron chi connectivity index (χ0n) is 15.8. The molecule has 1 aromatic carbocycles. The summed E-state index contributed by atoms with van der Waals surface area (Å²) in [5, 5.41) is 14.2. The summed E-state index contributed by atoms with van der Waals surface area (Å²) in [5.74, 6) is 2.65. The van der Waals surface area contributed by atoms with Crippen LogP contribution in [-0.2, 0) is 6.54 Å². The lowest BCUT2D eigenvalue weighted by Gasteiger charge is -2.25. The van der Waals surface area contributed by atoms with Crippen LogP contribution in [0.25, 0.3) is 15.5 Å². The average molecular weight is 389 g/mol. The van der Waals surface area contributed by atoms with E-state index < -0.39 is 0 Å². The zero-order valence-corrected chi connectivity index (χ0v) is 16.6. The molecule has 9 heteroatoms. The summed E-state index contributed by atoms with van der Waals surface area (Å²) in [5.41, 5.74) is 0.893. The molecule has 0 amide bonds. The van der Waals surface area contributed by atoms with Crippen molar-refractivity contribution in [1.29, 1.82) is 0 Å². The van der Waals surface area contributed by atoms with Crippen LogP contribution in [0.3, 0.4) is 0 Å². The van der Waals surface area contributed by atoms with Crippen LogP contribution in [0.1, 0.15) is 25.1 Å². The van der Waals surface area contributed by atoms with Crippen molar-refractivity contribution < 1.29 is 14.2 Å². The Bertz CT molecular complexity index is 907. The predicted octanol–water partition coefficient (Wildman–Crippen LogP) is 2.86. The number of fused-ring (bicyclic) bond motifs is 1.